The molecule has 6 rings (SSSR count). The number of hydrogen-bond donors (Lipinski definition) is 0. The van der Waals surface area contributed by atoms with Crippen LogP contribution in [0.3, 0.4) is 0 Å². The van der Waals surface area contributed by atoms with E-state index in [1.165, 1.54) is 78.1 Å². The number of aryl methyl sites for hydroxylation is 2. The predicted molar refractivity (Wildman–Crippen MR) is 188 cm³/mol. The second-order valence-corrected chi connectivity index (χ2v) is 16.1. The van der Waals surface area contributed by atoms with E-state index in [9.17, 15) is 0 Å². The maximum absolute atomic E-state index is 2.55. The van der Waals surface area contributed by atoms with E-state index in [2.05, 4.69) is 139 Å². The summed E-state index contributed by atoms with van der Waals surface area (Å²) in [5.74, 6) is 0. The SMILES string of the molecule is CC[Si](CC)(c1cc2c(-c3cccc(C)c3C)cccc2[cH-]1)c1cc2c(-c3cccc(C)c3C)cccc2[cH-]1.[CH3-].[CH3-].[Hf+4]. The van der Waals surface area contributed by atoms with Crippen molar-refractivity contribution < 1.29 is 25.8 Å². The van der Waals surface area contributed by atoms with Gasteiger partial charge in [0, 0.05) is 0 Å². The number of rotatable bonds is 6. The fourth-order valence-corrected chi connectivity index (χ4v) is 11.0. The summed E-state index contributed by atoms with van der Waals surface area (Å²) in [6, 6.07) is 39.6. The molecule has 0 aliphatic carbocycles. The van der Waals surface area contributed by atoms with Gasteiger partial charge in [-0.2, -0.15) is 12.1 Å². The third kappa shape index (κ3) is 5.37. The molecule has 0 aromatic heterocycles. The van der Waals surface area contributed by atoms with Crippen molar-refractivity contribution in [2.24, 2.45) is 0 Å². The van der Waals surface area contributed by atoms with E-state index < -0.39 is 8.07 Å². The van der Waals surface area contributed by atoms with Crippen LogP contribution in [0.15, 0.2) is 97.1 Å². The first-order chi connectivity index (χ1) is 18.9. The van der Waals surface area contributed by atoms with Crippen LogP contribution in [0.5, 0.6) is 0 Å². The Bertz CT molecular complexity index is 1690. The summed E-state index contributed by atoms with van der Waals surface area (Å²) in [5.41, 5.74) is 10.9. The molecule has 0 unspecified atom stereocenters. The zero-order valence-electron chi connectivity index (χ0n) is 26.7. The molecule has 0 fully saturated rings. The van der Waals surface area contributed by atoms with Crippen LogP contribution in [0.2, 0.25) is 12.1 Å². The van der Waals surface area contributed by atoms with Crippen LogP contribution < -0.4 is 10.4 Å². The maximum atomic E-state index is 2.55. The van der Waals surface area contributed by atoms with E-state index in [0.29, 0.717) is 0 Å². The third-order valence-corrected chi connectivity index (χ3v) is 14.8. The molecule has 2 heteroatoms. The van der Waals surface area contributed by atoms with Gasteiger partial charge in [-0.05, 0) is 61.1 Å². The second kappa shape index (κ2) is 13.2. The Morgan fingerprint density at radius 2 is 0.881 bits per heavy atom. The van der Waals surface area contributed by atoms with Gasteiger partial charge in [0.15, 0.2) is 0 Å². The zero-order chi connectivity index (χ0) is 27.3. The van der Waals surface area contributed by atoms with E-state index in [4.69, 9.17) is 0 Å². The minimum Gasteiger partial charge on any atom is -0.358 e. The Kier molecular flexibility index (Phi) is 10.6. The van der Waals surface area contributed by atoms with E-state index >= 15 is 0 Å². The van der Waals surface area contributed by atoms with Gasteiger partial charge in [0.2, 0.25) is 0 Å². The maximum Gasteiger partial charge on any atom is 4.00 e. The van der Waals surface area contributed by atoms with Crippen LogP contribution in [-0.2, 0) is 25.8 Å². The van der Waals surface area contributed by atoms with Gasteiger partial charge in [-0.1, -0.05) is 85.6 Å². The summed E-state index contributed by atoms with van der Waals surface area (Å²) in [4.78, 5) is 0. The van der Waals surface area contributed by atoms with E-state index in [1.807, 2.05) is 0 Å². The third-order valence-electron chi connectivity index (χ3n) is 9.60. The van der Waals surface area contributed by atoms with Gasteiger partial charge in [-0.25, -0.2) is 0 Å². The molecule has 212 valence electrons. The zero-order valence-corrected chi connectivity index (χ0v) is 31.2. The summed E-state index contributed by atoms with van der Waals surface area (Å²) in [5, 5.41) is 8.68. The molecule has 0 saturated carbocycles. The predicted octanol–water partition coefficient (Wildman–Crippen LogP) is 10.5. The molecular weight excluding hydrogens is 687 g/mol. The summed E-state index contributed by atoms with van der Waals surface area (Å²) in [6.45, 7) is 13.8. The molecule has 0 atom stereocenters. The Balaban J connectivity index is 0.00000161. The summed E-state index contributed by atoms with van der Waals surface area (Å²) < 4.78 is 0. The largest absolute Gasteiger partial charge is 4.00 e. The molecule has 0 bridgehead atoms. The van der Waals surface area contributed by atoms with E-state index in [-0.39, 0.29) is 40.7 Å². The van der Waals surface area contributed by atoms with Crippen molar-refractivity contribution >= 4 is 40.0 Å². The summed E-state index contributed by atoms with van der Waals surface area (Å²) in [7, 11) is -1.96. The van der Waals surface area contributed by atoms with Crippen molar-refractivity contribution in [2.45, 2.75) is 53.6 Å². The van der Waals surface area contributed by atoms with Gasteiger partial charge < -0.3 is 14.9 Å². The monoisotopic (exact) mass is 732 g/mol. The van der Waals surface area contributed by atoms with Gasteiger partial charge in [0.05, 0.1) is 8.07 Å². The molecule has 0 radical (unpaired) electrons. The Morgan fingerprint density at radius 3 is 1.26 bits per heavy atom. The first-order valence-electron chi connectivity index (χ1n) is 14.4. The minimum absolute atomic E-state index is 0. The molecule has 6 aromatic carbocycles. The minimum atomic E-state index is -1.96. The molecule has 0 aliphatic rings. The molecule has 42 heavy (non-hydrogen) atoms. The summed E-state index contributed by atoms with van der Waals surface area (Å²) >= 11 is 0. The molecule has 0 spiro atoms. The molecule has 0 N–H and O–H groups in total. The van der Waals surface area contributed by atoms with Crippen molar-refractivity contribution in [3.8, 4) is 22.3 Å². The van der Waals surface area contributed by atoms with E-state index in [1.54, 1.807) is 10.4 Å². The van der Waals surface area contributed by atoms with Crippen LogP contribution in [0.4, 0.5) is 0 Å². The number of benzene rings is 4. The van der Waals surface area contributed by atoms with Crippen molar-refractivity contribution in [1.29, 1.82) is 0 Å². The molecule has 0 heterocycles. The first kappa shape index (κ1) is 33.7. The van der Waals surface area contributed by atoms with Gasteiger partial charge in [0.1, 0.15) is 0 Å². The van der Waals surface area contributed by atoms with Gasteiger partial charge in [-0.3, -0.25) is 0 Å². The van der Waals surface area contributed by atoms with Crippen LogP contribution >= 0.6 is 0 Å². The molecule has 0 amide bonds. The number of fused-ring (bicyclic) bond motifs is 2. The quantitative estimate of drug-likeness (QED) is 0.118. The Morgan fingerprint density at radius 1 is 0.524 bits per heavy atom. The topological polar surface area (TPSA) is 0 Å². The Labute approximate surface area is 274 Å². The fourth-order valence-electron chi connectivity index (χ4n) is 6.81. The average Bonchev–Trinajstić information content (AvgIpc) is 3.58. The van der Waals surface area contributed by atoms with Gasteiger partial charge in [-0.15, -0.1) is 68.3 Å². The second-order valence-electron chi connectivity index (χ2n) is 11.4. The standard InChI is InChI=1S/C38H38Si.2CH3.Hf/c1-7-39(8-2,31-21-29-15-11-19-35(37(29)23-31)33-17-9-13-25(3)27(33)5)32-22-30-16-12-20-36(38(30)24-32)34-18-10-14-26(4)28(34)6;;;/h9-24H,7-8H2,1-6H3;2*1H3;/q-2;2*-1;+4. The normalized spacial score (nSPS) is 11.2. The number of hydrogen-bond acceptors (Lipinski definition) is 0. The fraction of sp³-hybridized carbons (Fsp3) is 0.200. The smallest absolute Gasteiger partial charge is 0.358 e. The molecule has 6 aromatic rings. The average molecular weight is 731 g/mol. The Hall–Kier alpha value is -2.81. The summed E-state index contributed by atoms with van der Waals surface area (Å²) in [6.07, 6.45) is 0. The van der Waals surface area contributed by atoms with Gasteiger partial charge >= 0.3 is 25.8 Å². The van der Waals surface area contributed by atoms with Crippen molar-refractivity contribution in [2.75, 3.05) is 0 Å². The van der Waals surface area contributed by atoms with Crippen LogP contribution in [0.1, 0.15) is 36.1 Å². The van der Waals surface area contributed by atoms with Crippen molar-refractivity contribution in [3.63, 3.8) is 0 Å². The van der Waals surface area contributed by atoms with Crippen LogP contribution in [0.25, 0.3) is 43.8 Å². The van der Waals surface area contributed by atoms with Crippen LogP contribution in [0, 0.1) is 42.5 Å². The van der Waals surface area contributed by atoms with Gasteiger partial charge in [0.25, 0.3) is 0 Å². The molecule has 0 nitrogen and oxygen atoms in total. The molecular formula is C40H44HfSi. The molecule has 0 aliphatic heterocycles. The van der Waals surface area contributed by atoms with Crippen LogP contribution in [-0.4, -0.2) is 8.07 Å². The first-order valence-corrected chi connectivity index (χ1v) is 16.8. The van der Waals surface area contributed by atoms with Crippen molar-refractivity contribution in [3.05, 3.63) is 134 Å². The van der Waals surface area contributed by atoms with Crippen molar-refractivity contribution in [1.82, 2.24) is 0 Å². The van der Waals surface area contributed by atoms with E-state index in [0.717, 1.165) is 0 Å². The molecule has 0 saturated heterocycles.